The number of benzene rings is 11. The van der Waals surface area contributed by atoms with E-state index >= 15 is 0 Å². The van der Waals surface area contributed by atoms with Crippen molar-refractivity contribution in [3.8, 4) is 33.4 Å². The van der Waals surface area contributed by atoms with E-state index in [1.165, 1.54) is 76.5 Å². The Hall–Kier alpha value is -7.68. The molecule has 0 atom stereocenters. The van der Waals surface area contributed by atoms with Gasteiger partial charge in [-0.25, -0.2) is 0 Å². The highest BCUT2D eigenvalue weighted by molar-refractivity contribution is 6.28. The van der Waals surface area contributed by atoms with Gasteiger partial charge in [0, 0.05) is 27.1 Å². The lowest BCUT2D eigenvalue weighted by atomic mass is 9.80. The standard InChI is InChI=1S/C59H39NO/c1-59(2)50-33-27-40(35-49(50)46-31-23-37-15-6-7-17-43(37)57(46)59)41-29-24-38-26-32-48-52(34-28-39-25-30-45(41)55(38)56(39)48)60(51-20-10-8-16-42(51)36-13-4-3-5-14-36)53-21-12-19-47-44-18-9-11-22-54(44)61-58(47)53/h3-35H,1-2H3. The Bertz CT molecular complexity index is 3740. The summed E-state index contributed by atoms with van der Waals surface area (Å²) < 4.78 is 6.79. The zero-order valence-electron chi connectivity index (χ0n) is 33.9. The quantitative estimate of drug-likeness (QED) is 0.162. The van der Waals surface area contributed by atoms with Gasteiger partial charge in [-0.1, -0.05) is 184 Å². The minimum absolute atomic E-state index is 0.0964. The second-order valence-corrected chi connectivity index (χ2v) is 17.2. The van der Waals surface area contributed by atoms with Crippen molar-refractivity contribution in [2.75, 3.05) is 4.90 Å². The lowest BCUT2D eigenvalue weighted by Crippen LogP contribution is -2.15. The van der Waals surface area contributed by atoms with Crippen LogP contribution in [0.25, 0.3) is 98.4 Å². The molecule has 0 radical (unpaired) electrons. The predicted octanol–water partition coefficient (Wildman–Crippen LogP) is 16.7. The number of fused-ring (bicyclic) bond motifs is 8. The lowest BCUT2D eigenvalue weighted by Gasteiger charge is -2.29. The molecule has 0 N–H and O–H groups in total. The molecule has 286 valence electrons. The summed E-state index contributed by atoms with van der Waals surface area (Å²) in [5.41, 5.74) is 15.2. The summed E-state index contributed by atoms with van der Waals surface area (Å²) in [7, 11) is 0. The molecule has 0 aliphatic heterocycles. The van der Waals surface area contributed by atoms with Gasteiger partial charge in [0.05, 0.1) is 17.1 Å². The molecular formula is C59H39NO. The second-order valence-electron chi connectivity index (χ2n) is 17.2. The van der Waals surface area contributed by atoms with Gasteiger partial charge >= 0.3 is 0 Å². The third-order valence-corrected chi connectivity index (χ3v) is 13.6. The average Bonchev–Trinajstić information content (AvgIpc) is 3.81. The third kappa shape index (κ3) is 4.85. The Balaban J connectivity index is 1.06. The van der Waals surface area contributed by atoms with Crippen molar-refractivity contribution in [1.29, 1.82) is 0 Å². The zero-order valence-corrected chi connectivity index (χ0v) is 33.9. The fourth-order valence-corrected chi connectivity index (χ4v) is 10.8. The van der Waals surface area contributed by atoms with Crippen LogP contribution >= 0.6 is 0 Å². The summed E-state index contributed by atoms with van der Waals surface area (Å²) >= 11 is 0. The van der Waals surface area contributed by atoms with Crippen LogP contribution in [0.5, 0.6) is 0 Å². The van der Waals surface area contributed by atoms with Gasteiger partial charge in [0.15, 0.2) is 5.58 Å². The number of hydrogen-bond donors (Lipinski definition) is 0. The van der Waals surface area contributed by atoms with Crippen LogP contribution in [0.4, 0.5) is 17.1 Å². The summed E-state index contributed by atoms with van der Waals surface area (Å²) in [6.07, 6.45) is 0. The number of hydrogen-bond acceptors (Lipinski definition) is 2. The maximum atomic E-state index is 6.79. The smallest absolute Gasteiger partial charge is 0.159 e. The Kier molecular flexibility index (Phi) is 7.10. The molecule has 0 unspecified atom stereocenters. The molecule has 1 aromatic heterocycles. The monoisotopic (exact) mass is 777 g/mol. The molecule has 0 fully saturated rings. The van der Waals surface area contributed by atoms with E-state index in [0.29, 0.717) is 0 Å². The number of anilines is 3. The van der Waals surface area contributed by atoms with Crippen molar-refractivity contribution in [2.24, 2.45) is 0 Å². The summed E-state index contributed by atoms with van der Waals surface area (Å²) in [6, 6.07) is 73.6. The van der Waals surface area contributed by atoms with Crippen LogP contribution in [0.1, 0.15) is 25.0 Å². The van der Waals surface area contributed by atoms with E-state index in [1.807, 2.05) is 6.07 Å². The number of para-hydroxylation sites is 3. The van der Waals surface area contributed by atoms with Crippen LogP contribution in [-0.2, 0) is 5.41 Å². The molecule has 1 aliphatic rings. The van der Waals surface area contributed by atoms with Crippen molar-refractivity contribution in [3.63, 3.8) is 0 Å². The molecule has 1 heterocycles. The summed E-state index contributed by atoms with van der Waals surface area (Å²) in [6.45, 7) is 4.77. The molecule has 0 saturated carbocycles. The van der Waals surface area contributed by atoms with Crippen LogP contribution in [0.2, 0.25) is 0 Å². The SMILES string of the molecule is CC1(C)c2ccc(-c3ccc4ccc5c(N(c6ccccc6-c6ccccc6)c6cccc7c6oc6ccccc67)ccc6ccc3c4c65)cc2-c2ccc3ccccc3c21. The maximum absolute atomic E-state index is 6.79. The first kappa shape index (κ1) is 34.2. The molecular weight excluding hydrogens is 739 g/mol. The van der Waals surface area contributed by atoms with E-state index in [4.69, 9.17) is 4.42 Å². The van der Waals surface area contributed by atoms with Crippen molar-refractivity contribution < 1.29 is 4.42 Å². The molecule has 11 aromatic carbocycles. The van der Waals surface area contributed by atoms with Crippen molar-refractivity contribution >= 4 is 82.1 Å². The van der Waals surface area contributed by atoms with E-state index in [9.17, 15) is 0 Å². The number of furan rings is 1. The fourth-order valence-electron chi connectivity index (χ4n) is 10.8. The summed E-state index contributed by atoms with van der Waals surface area (Å²) in [5.74, 6) is 0. The normalized spacial score (nSPS) is 13.2. The van der Waals surface area contributed by atoms with Gasteiger partial charge in [0.1, 0.15) is 5.58 Å². The number of rotatable bonds is 5. The minimum Gasteiger partial charge on any atom is -0.454 e. The van der Waals surface area contributed by atoms with E-state index < -0.39 is 0 Å². The lowest BCUT2D eigenvalue weighted by molar-refractivity contribution is 0.666. The maximum Gasteiger partial charge on any atom is 0.159 e. The molecule has 13 rings (SSSR count). The molecule has 2 nitrogen and oxygen atoms in total. The van der Waals surface area contributed by atoms with Gasteiger partial charge in [-0.3, -0.25) is 0 Å². The van der Waals surface area contributed by atoms with E-state index in [0.717, 1.165) is 50.1 Å². The topological polar surface area (TPSA) is 16.4 Å². The first-order chi connectivity index (χ1) is 30.0. The Morgan fingerprint density at radius 2 is 1.03 bits per heavy atom. The molecule has 0 spiro atoms. The largest absolute Gasteiger partial charge is 0.454 e. The molecule has 0 amide bonds. The van der Waals surface area contributed by atoms with Gasteiger partial charge < -0.3 is 9.32 Å². The van der Waals surface area contributed by atoms with Gasteiger partial charge in [-0.15, -0.1) is 0 Å². The van der Waals surface area contributed by atoms with Crippen LogP contribution < -0.4 is 4.90 Å². The van der Waals surface area contributed by atoms with E-state index in [2.05, 4.69) is 213 Å². The highest BCUT2D eigenvalue weighted by Gasteiger charge is 2.37. The molecule has 0 saturated heterocycles. The van der Waals surface area contributed by atoms with Crippen molar-refractivity contribution in [1.82, 2.24) is 0 Å². The first-order valence-corrected chi connectivity index (χ1v) is 21.3. The molecule has 2 heteroatoms. The minimum atomic E-state index is -0.0964. The highest BCUT2D eigenvalue weighted by atomic mass is 16.3. The predicted molar refractivity (Wildman–Crippen MR) is 258 cm³/mol. The molecule has 12 aromatic rings. The van der Waals surface area contributed by atoms with E-state index in [-0.39, 0.29) is 5.41 Å². The summed E-state index contributed by atoms with van der Waals surface area (Å²) in [5, 5.41) is 12.3. The second kappa shape index (κ2) is 12.7. The summed E-state index contributed by atoms with van der Waals surface area (Å²) in [4.78, 5) is 2.43. The third-order valence-electron chi connectivity index (χ3n) is 13.6. The molecule has 1 aliphatic carbocycles. The van der Waals surface area contributed by atoms with Crippen molar-refractivity contribution in [3.05, 3.63) is 211 Å². The van der Waals surface area contributed by atoms with Gasteiger partial charge in [0.25, 0.3) is 0 Å². The van der Waals surface area contributed by atoms with Crippen LogP contribution in [-0.4, -0.2) is 0 Å². The fraction of sp³-hybridized carbons (Fsp3) is 0.0508. The Morgan fingerprint density at radius 3 is 1.92 bits per heavy atom. The first-order valence-electron chi connectivity index (χ1n) is 21.3. The molecule has 61 heavy (non-hydrogen) atoms. The van der Waals surface area contributed by atoms with Crippen LogP contribution in [0.15, 0.2) is 205 Å². The Morgan fingerprint density at radius 1 is 0.377 bits per heavy atom. The van der Waals surface area contributed by atoms with Crippen LogP contribution in [0, 0.1) is 0 Å². The highest BCUT2D eigenvalue weighted by Crippen LogP contribution is 2.54. The van der Waals surface area contributed by atoms with Crippen molar-refractivity contribution in [2.45, 2.75) is 19.3 Å². The average molecular weight is 778 g/mol. The van der Waals surface area contributed by atoms with Gasteiger partial charge in [0.2, 0.25) is 0 Å². The Labute approximate surface area is 353 Å². The van der Waals surface area contributed by atoms with E-state index in [1.54, 1.807) is 0 Å². The zero-order chi connectivity index (χ0) is 40.4. The van der Waals surface area contributed by atoms with Gasteiger partial charge in [-0.2, -0.15) is 0 Å². The van der Waals surface area contributed by atoms with Crippen LogP contribution in [0.3, 0.4) is 0 Å². The van der Waals surface area contributed by atoms with Gasteiger partial charge in [-0.05, 0) is 107 Å². The molecule has 0 bridgehead atoms. The number of nitrogens with zero attached hydrogens (tertiary/aromatic N) is 1.